The summed E-state index contributed by atoms with van der Waals surface area (Å²) >= 11 is 0. The Morgan fingerprint density at radius 2 is 1.50 bits per heavy atom. The third kappa shape index (κ3) is 5.05. The molecule has 3 rings (SSSR count). The van der Waals surface area contributed by atoms with Crippen molar-refractivity contribution >= 4 is 11.6 Å². The molecule has 4 heteroatoms. The number of hydrogen-bond donors (Lipinski definition) is 0. The van der Waals surface area contributed by atoms with Gasteiger partial charge in [-0.25, -0.2) is 9.38 Å². The largest absolute Gasteiger partial charge is 0.465 e. The van der Waals surface area contributed by atoms with Crippen molar-refractivity contribution in [1.29, 1.82) is 0 Å². The summed E-state index contributed by atoms with van der Waals surface area (Å²) in [6.45, 7) is 1.82. The van der Waals surface area contributed by atoms with E-state index >= 15 is 0 Å². The van der Waals surface area contributed by atoms with Gasteiger partial charge in [0.1, 0.15) is 17.3 Å². The summed E-state index contributed by atoms with van der Waals surface area (Å²) in [4.78, 5) is 4.52. The van der Waals surface area contributed by atoms with Gasteiger partial charge in [0.15, 0.2) is 0 Å². The van der Waals surface area contributed by atoms with Gasteiger partial charge in [0.2, 0.25) is 5.90 Å². The maximum absolute atomic E-state index is 13.5. The molecule has 0 saturated carbocycles. The monoisotopic (exact) mass is 347 g/mol. The summed E-state index contributed by atoms with van der Waals surface area (Å²) in [7, 11) is 0. The molecule has 0 unspecified atom stereocenters. The van der Waals surface area contributed by atoms with E-state index in [1.165, 1.54) is 12.1 Å². The maximum atomic E-state index is 13.5. The van der Waals surface area contributed by atoms with Gasteiger partial charge in [0, 0.05) is 11.6 Å². The van der Waals surface area contributed by atoms with E-state index in [2.05, 4.69) is 4.99 Å². The van der Waals surface area contributed by atoms with Crippen LogP contribution < -0.4 is 9.47 Å². The second kappa shape index (κ2) is 8.62. The van der Waals surface area contributed by atoms with Gasteiger partial charge in [-0.1, -0.05) is 42.5 Å². The molecular weight excluding hydrogens is 329 g/mol. The van der Waals surface area contributed by atoms with Crippen molar-refractivity contribution in [2.45, 2.75) is 6.92 Å². The Morgan fingerprint density at radius 3 is 2.19 bits per heavy atom. The molecular formula is C22H18FNO2. The number of halogens is 1. The Kier molecular flexibility index (Phi) is 5.78. The van der Waals surface area contributed by atoms with Gasteiger partial charge in [-0.3, -0.25) is 0 Å². The minimum atomic E-state index is -0.372. The van der Waals surface area contributed by atoms with Crippen LogP contribution in [-0.2, 0) is 0 Å². The number of hydrogen-bond acceptors (Lipinski definition) is 3. The van der Waals surface area contributed by atoms with E-state index in [9.17, 15) is 4.39 Å². The lowest BCUT2D eigenvalue weighted by Crippen LogP contribution is -2.11. The Labute approximate surface area is 152 Å². The molecule has 0 bridgehead atoms. The Balaban J connectivity index is 1.88. The average molecular weight is 347 g/mol. The second-order valence-corrected chi connectivity index (χ2v) is 5.54. The zero-order chi connectivity index (χ0) is 18.2. The summed E-state index contributed by atoms with van der Waals surface area (Å²) in [5, 5.41) is 0. The molecule has 0 aliphatic rings. The van der Waals surface area contributed by atoms with Crippen LogP contribution in [0.15, 0.2) is 102 Å². The van der Waals surface area contributed by atoms with E-state index in [0.29, 0.717) is 23.0 Å². The molecule has 0 spiro atoms. The van der Waals surface area contributed by atoms with Gasteiger partial charge in [0.25, 0.3) is 0 Å². The highest BCUT2D eigenvalue weighted by molar-refractivity contribution is 5.96. The summed E-state index contributed by atoms with van der Waals surface area (Å²) < 4.78 is 24.9. The minimum Gasteiger partial charge on any atom is -0.465 e. The molecule has 26 heavy (non-hydrogen) atoms. The lowest BCUT2D eigenvalue weighted by atomic mass is 10.3. The molecule has 3 aromatic rings. The van der Waals surface area contributed by atoms with Crippen LogP contribution in [0.1, 0.15) is 6.92 Å². The van der Waals surface area contributed by atoms with Gasteiger partial charge in [-0.2, -0.15) is 0 Å². The predicted molar refractivity (Wildman–Crippen MR) is 101 cm³/mol. The third-order valence-electron chi connectivity index (χ3n) is 3.45. The number of para-hydroxylation sites is 2. The standard InChI is InChI=1S/C22H18FNO2/c1-17(16-25-20-12-6-3-7-13-20)22(24-19-10-4-2-5-11-19)26-21-14-8-9-18(23)15-21/h2-16H,1H3/b17-16+,24-22-. The quantitative estimate of drug-likeness (QED) is 0.326. The third-order valence-corrected chi connectivity index (χ3v) is 3.45. The molecule has 0 fully saturated rings. The molecule has 130 valence electrons. The van der Waals surface area contributed by atoms with Crippen LogP contribution in [0.4, 0.5) is 10.1 Å². The highest BCUT2D eigenvalue weighted by Crippen LogP contribution is 2.19. The molecule has 0 atom stereocenters. The first-order chi connectivity index (χ1) is 12.7. The predicted octanol–water partition coefficient (Wildman–Crippen LogP) is 5.92. The van der Waals surface area contributed by atoms with E-state index in [0.717, 1.165) is 5.69 Å². The minimum absolute atomic E-state index is 0.331. The van der Waals surface area contributed by atoms with Crippen LogP contribution in [-0.4, -0.2) is 5.90 Å². The molecule has 3 nitrogen and oxygen atoms in total. The molecule has 0 heterocycles. The summed E-state index contributed by atoms with van der Waals surface area (Å²) in [6.07, 6.45) is 1.57. The van der Waals surface area contributed by atoms with Crippen molar-refractivity contribution in [3.05, 3.63) is 103 Å². The number of nitrogens with zero attached hydrogens (tertiary/aromatic N) is 1. The fourth-order valence-electron chi connectivity index (χ4n) is 2.16. The SMILES string of the molecule is CC(=C\Oc1ccccc1)/C(=N/c1ccccc1)Oc1cccc(F)c1. The van der Waals surface area contributed by atoms with Crippen LogP contribution in [0.25, 0.3) is 0 Å². The molecule has 0 amide bonds. The molecule has 0 aliphatic carbocycles. The van der Waals surface area contributed by atoms with Crippen molar-refractivity contribution in [2.24, 2.45) is 4.99 Å². The van der Waals surface area contributed by atoms with Crippen LogP contribution in [0.5, 0.6) is 11.5 Å². The highest BCUT2D eigenvalue weighted by Gasteiger charge is 2.08. The van der Waals surface area contributed by atoms with Crippen LogP contribution in [0.2, 0.25) is 0 Å². The van der Waals surface area contributed by atoms with Gasteiger partial charge in [-0.15, -0.1) is 0 Å². The summed E-state index contributed by atoms with van der Waals surface area (Å²) in [5.74, 6) is 1.03. The first-order valence-electron chi connectivity index (χ1n) is 8.17. The van der Waals surface area contributed by atoms with Gasteiger partial charge >= 0.3 is 0 Å². The molecule has 0 N–H and O–H groups in total. The Morgan fingerprint density at radius 1 is 0.846 bits per heavy atom. The summed E-state index contributed by atoms with van der Waals surface area (Å²) in [6, 6.07) is 24.7. The zero-order valence-corrected chi connectivity index (χ0v) is 14.3. The van der Waals surface area contributed by atoms with Crippen LogP contribution in [0, 0.1) is 5.82 Å². The molecule has 0 aromatic heterocycles. The second-order valence-electron chi connectivity index (χ2n) is 5.54. The van der Waals surface area contributed by atoms with Crippen molar-refractivity contribution in [3.63, 3.8) is 0 Å². The lowest BCUT2D eigenvalue weighted by Gasteiger charge is -2.10. The molecule has 3 aromatic carbocycles. The van der Waals surface area contributed by atoms with Crippen LogP contribution >= 0.6 is 0 Å². The lowest BCUT2D eigenvalue weighted by molar-refractivity contribution is 0.473. The number of ether oxygens (including phenoxy) is 2. The van der Waals surface area contributed by atoms with E-state index in [1.54, 1.807) is 18.4 Å². The molecule has 0 saturated heterocycles. The van der Waals surface area contributed by atoms with Crippen molar-refractivity contribution in [3.8, 4) is 11.5 Å². The fourth-order valence-corrected chi connectivity index (χ4v) is 2.16. The van der Waals surface area contributed by atoms with Gasteiger partial charge < -0.3 is 9.47 Å². The number of aliphatic imine (C=N–C) groups is 1. The van der Waals surface area contributed by atoms with Crippen molar-refractivity contribution in [1.82, 2.24) is 0 Å². The number of benzene rings is 3. The smallest absolute Gasteiger partial charge is 0.225 e. The fraction of sp³-hybridized carbons (Fsp3) is 0.0455. The molecule has 0 radical (unpaired) electrons. The Bertz CT molecular complexity index is 906. The van der Waals surface area contributed by atoms with Gasteiger partial charge in [0.05, 0.1) is 11.9 Å². The van der Waals surface area contributed by atoms with E-state index in [4.69, 9.17) is 9.47 Å². The van der Waals surface area contributed by atoms with Crippen molar-refractivity contribution in [2.75, 3.05) is 0 Å². The van der Waals surface area contributed by atoms with E-state index in [1.807, 2.05) is 67.6 Å². The summed E-state index contributed by atoms with van der Waals surface area (Å²) in [5.41, 5.74) is 1.40. The van der Waals surface area contributed by atoms with Gasteiger partial charge in [-0.05, 0) is 43.3 Å². The topological polar surface area (TPSA) is 30.8 Å². The van der Waals surface area contributed by atoms with Crippen molar-refractivity contribution < 1.29 is 13.9 Å². The van der Waals surface area contributed by atoms with Crippen LogP contribution in [0.3, 0.4) is 0 Å². The zero-order valence-electron chi connectivity index (χ0n) is 14.3. The highest BCUT2D eigenvalue weighted by atomic mass is 19.1. The van der Waals surface area contributed by atoms with E-state index in [-0.39, 0.29) is 5.82 Å². The molecule has 0 aliphatic heterocycles. The Hall–Kier alpha value is -3.40. The number of rotatable bonds is 5. The average Bonchev–Trinajstić information content (AvgIpc) is 2.67. The maximum Gasteiger partial charge on any atom is 0.225 e. The van der Waals surface area contributed by atoms with E-state index < -0.39 is 0 Å². The first kappa shape index (κ1) is 17.4. The first-order valence-corrected chi connectivity index (χ1v) is 8.17. The normalized spacial score (nSPS) is 11.9.